The molecule has 0 amide bonds. The monoisotopic (exact) mass is 208 g/mol. The predicted molar refractivity (Wildman–Crippen MR) is 54.2 cm³/mol. The van der Waals surface area contributed by atoms with Crippen molar-refractivity contribution in [3.05, 3.63) is 29.8 Å². The molecule has 80 valence electrons. The van der Waals surface area contributed by atoms with Gasteiger partial charge >= 0.3 is 5.97 Å². The summed E-state index contributed by atoms with van der Waals surface area (Å²) >= 11 is 0. The number of carbonyl (C=O) groups excluding carboxylic acids is 1. The zero-order valence-electron chi connectivity index (χ0n) is 8.40. The third kappa shape index (κ3) is 3.42. The molecule has 0 aliphatic carbocycles. The molecule has 0 atom stereocenters. The van der Waals surface area contributed by atoms with Crippen LogP contribution in [0.3, 0.4) is 0 Å². The van der Waals surface area contributed by atoms with E-state index in [0.29, 0.717) is 12.2 Å². The van der Waals surface area contributed by atoms with Gasteiger partial charge < -0.3 is 9.84 Å². The molecule has 0 bridgehead atoms. The summed E-state index contributed by atoms with van der Waals surface area (Å²) in [5.74, 6) is -0.467. The van der Waals surface area contributed by atoms with Crippen LogP contribution in [0.25, 0.3) is 0 Å². The summed E-state index contributed by atoms with van der Waals surface area (Å²) < 4.78 is 5.15. The molecule has 1 rings (SSSR count). The number of benzene rings is 1. The van der Waals surface area contributed by atoms with Gasteiger partial charge in [0.2, 0.25) is 0 Å². The van der Waals surface area contributed by atoms with Crippen molar-refractivity contribution in [3.63, 3.8) is 0 Å². The van der Waals surface area contributed by atoms with Crippen LogP contribution in [0, 0.1) is 0 Å². The van der Waals surface area contributed by atoms with Crippen LogP contribution in [0.5, 0.6) is 5.75 Å². The van der Waals surface area contributed by atoms with Crippen LogP contribution in [0.1, 0.15) is 23.7 Å². The molecule has 4 heteroatoms. The lowest BCUT2D eigenvalue weighted by Crippen LogP contribution is -2.09. The lowest BCUT2D eigenvalue weighted by atomic mass is 10.2. The van der Waals surface area contributed by atoms with Gasteiger partial charge in [0.05, 0.1) is 5.56 Å². The Balaban J connectivity index is 2.57. The predicted octanol–water partition coefficient (Wildman–Crippen LogP) is 1.74. The summed E-state index contributed by atoms with van der Waals surface area (Å²) in [5.41, 5.74) is 0.198. The normalized spacial score (nSPS) is 9.67. The molecule has 0 saturated heterocycles. The molecule has 1 aromatic carbocycles. The van der Waals surface area contributed by atoms with Gasteiger partial charge in [0, 0.05) is 6.42 Å². The van der Waals surface area contributed by atoms with Gasteiger partial charge in [-0.1, -0.05) is 6.92 Å². The van der Waals surface area contributed by atoms with Crippen molar-refractivity contribution in [2.45, 2.75) is 13.3 Å². The molecule has 15 heavy (non-hydrogen) atoms. The Hall–Kier alpha value is -1.84. The van der Waals surface area contributed by atoms with Crippen LogP contribution < -0.4 is 4.74 Å². The molecule has 0 aromatic heterocycles. The average molecular weight is 208 g/mol. The highest BCUT2D eigenvalue weighted by Gasteiger charge is 2.03. The summed E-state index contributed by atoms with van der Waals surface area (Å²) in [4.78, 5) is 21.5. The van der Waals surface area contributed by atoms with Crippen LogP contribution >= 0.6 is 0 Å². The number of carboxylic acid groups (broad SMARTS) is 1. The number of carboxylic acids is 1. The highest BCUT2D eigenvalue weighted by molar-refractivity contribution is 5.87. The van der Waals surface area contributed by atoms with Crippen molar-refractivity contribution in [1.82, 2.24) is 0 Å². The van der Waals surface area contributed by atoms with Gasteiger partial charge in [0.15, 0.2) is 5.78 Å². The van der Waals surface area contributed by atoms with Gasteiger partial charge in [-0.15, -0.1) is 0 Å². The Labute approximate surface area is 87.5 Å². The molecular weight excluding hydrogens is 196 g/mol. The van der Waals surface area contributed by atoms with E-state index in [1.165, 1.54) is 24.3 Å². The first-order valence-corrected chi connectivity index (χ1v) is 4.61. The fourth-order valence-electron chi connectivity index (χ4n) is 0.960. The topological polar surface area (TPSA) is 63.6 Å². The Morgan fingerprint density at radius 2 is 1.87 bits per heavy atom. The largest absolute Gasteiger partial charge is 0.486 e. The minimum Gasteiger partial charge on any atom is -0.486 e. The third-order valence-corrected chi connectivity index (χ3v) is 1.90. The number of ether oxygens (including phenoxy) is 1. The van der Waals surface area contributed by atoms with Crippen LogP contribution in [0.2, 0.25) is 0 Å². The first-order valence-electron chi connectivity index (χ1n) is 4.61. The van der Waals surface area contributed by atoms with Gasteiger partial charge in [-0.25, -0.2) is 4.79 Å². The van der Waals surface area contributed by atoms with E-state index in [9.17, 15) is 9.59 Å². The zero-order valence-corrected chi connectivity index (χ0v) is 8.40. The summed E-state index contributed by atoms with van der Waals surface area (Å²) in [7, 11) is 0. The summed E-state index contributed by atoms with van der Waals surface area (Å²) in [5, 5.41) is 8.64. The van der Waals surface area contributed by atoms with E-state index in [-0.39, 0.29) is 18.0 Å². The molecule has 0 spiro atoms. The maximum absolute atomic E-state index is 10.9. The van der Waals surface area contributed by atoms with E-state index < -0.39 is 5.97 Å². The maximum atomic E-state index is 10.9. The van der Waals surface area contributed by atoms with Gasteiger partial charge in [0.1, 0.15) is 12.4 Å². The van der Waals surface area contributed by atoms with Gasteiger partial charge in [-0.3, -0.25) is 4.79 Å². The molecular formula is C11H12O4. The number of ketones is 1. The minimum atomic E-state index is -0.980. The number of hydrogen-bond donors (Lipinski definition) is 1. The van der Waals surface area contributed by atoms with Crippen molar-refractivity contribution >= 4 is 11.8 Å². The Morgan fingerprint density at radius 3 is 2.33 bits per heavy atom. The van der Waals surface area contributed by atoms with E-state index in [0.717, 1.165) is 0 Å². The second-order valence-electron chi connectivity index (χ2n) is 3.01. The van der Waals surface area contributed by atoms with E-state index in [1.54, 1.807) is 6.92 Å². The highest BCUT2D eigenvalue weighted by Crippen LogP contribution is 2.12. The zero-order chi connectivity index (χ0) is 11.3. The number of hydrogen-bond acceptors (Lipinski definition) is 3. The van der Waals surface area contributed by atoms with Gasteiger partial charge in [-0.05, 0) is 24.3 Å². The minimum absolute atomic E-state index is 0.0114. The first kappa shape index (κ1) is 11.2. The fraction of sp³-hybridized carbons (Fsp3) is 0.273. The molecule has 0 heterocycles. The molecule has 0 fully saturated rings. The number of aromatic carboxylic acids is 1. The van der Waals surface area contributed by atoms with E-state index in [2.05, 4.69) is 0 Å². The number of Topliss-reactive ketones (excluding diaryl/α,β-unsaturated/α-hetero) is 1. The van der Waals surface area contributed by atoms with Gasteiger partial charge in [0.25, 0.3) is 0 Å². The second kappa shape index (κ2) is 5.14. The molecule has 1 aromatic rings. The number of carbonyl (C=O) groups is 2. The quantitative estimate of drug-likeness (QED) is 0.800. The summed E-state index contributed by atoms with van der Waals surface area (Å²) in [6.45, 7) is 1.79. The van der Waals surface area contributed by atoms with Crippen molar-refractivity contribution in [2.24, 2.45) is 0 Å². The number of rotatable bonds is 5. The first-order chi connectivity index (χ1) is 7.13. The maximum Gasteiger partial charge on any atom is 0.335 e. The lowest BCUT2D eigenvalue weighted by molar-refractivity contribution is -0.120. The molecule has 0 radical (unpaired) electrons. The van der Waals surface area contributed by atoms with Crippen molar-refractivity contribution in [3.8, 4) is 5.75 Å². The SMILES string of the molecule is CCC(=O)COc1ccc(C(=O)O)cc1. The summed E-state index contributed by atoms with van der Waals surface area (Å²) in [6, 6.07) is 5.95. The van der Waals surface area contributed by atoms with Crippen LogP contribution in [0.15, 0.2) is 24.3 Å². The average Bonchev–Trinajstić information content (AvgIpc) is 2.26. The highest BCUT2D eigenvalue weighted by atomic mass is 16.5. The van der Waals surface area contributed by atoms with E-state index >= 15 is 0 Å². The molecule has 1 N–H and O–H groups in total. The summed E-state index contributed by atoms with van der Waals surface area (Å²) in [6.07, 6.45) is 0.438. The van der Waals surface area contributed by atoms with Crippen molar-refractivity contribution < 1.29 is 19.4 Å². The van der Waals surface area contributed by atoms with Gasteiger partial charge in [-0.2, -0.15) is 0 Å². The van der Waals surface area contributed by atoms with E-state index in [1.807, 2.05) is 0 Å². The van der Waals surface area contributed by atoms with Crippen LogP contribution in [0.4, 0.5) is 0 Å². The molecule has 0 saturated carbocycles. The lowest BCUT2D eigenvalue weighted by Gasteiger charge is -2.04. The third-order valence-electron chi connectivity index (χ3n) is 1.90. The molecule has 0 aliphatic heterocycles. The Morgan fingerprint density at radius 1 is 1.27 bits per heavy atom. The Kier molecular flexibility index (Phi) is 3.85. The Bertz CT molecular complexity index is 353. The second-order valence-corrected chi connectivity index (χ2v) is 3.01. The van der Waals surface area contributed by atoms with Crippen molar-refractivity contribution in [2.75, 3.05) is 6.61 Å². The molecule has 4 nitrogen and oxygen atoms in total. The molecule has 0 aliphatic rings. The fourth-order valence-corrected chi connectivity index (χ4v) is 0.960. The van der Waals surface area contributed by atoms with E-state index in [4.69, 9.17) is 9.84 Å². The van der Waals surface area contributed by atoms with Crippen LogP contribution in [-0.4, -0.2) is 23.5 Å². The van der Waals surface area contributed by atoms with Crippen molar-refractivity contribution in [1.29, 1.82) is 0 Å². The molecule has 0 unspecified atom stereocenters. The standard InChI is InChI=1S/C11H12O4/c1-2-9(12)7-15-10-5-3-8(4-6-10)11(13)14/h3-6H,2,7H2,1H3,(H,13,14). The smallest absolute Gasteiger partial charge is 0.335 e. The van der Waals surface area contributed by atoms with Crippen LogP contribution in [-0.2, 0) is 4.79 Å².